The number of amides is 1. The van der Waals surface area contributed by atoms with Gasteiger partial charge < -0.3 is 19.7 Å². The van der Waals surface area contributed by atoms with Gasteiger partial charge in [-0.1, -0.05) is 35.9 Å². The monoisotopic (exact) mass is 464 g/mol. The standard InChI is InChI=1S/C24H21ClN4O4/c1-13-26-21-15-6-2-5-9-19(15)33-22(21)23(27-13)29-12-14(10-18(29)24(31)32)11-20(30)28-17-8-4-3-7-16(17)25/h2-9,14,18H,10-12H2,1H3,(H,28,30)(H,31,32)/t14-,18+/m1/s1. The van der Waals surface area contributed by atoms with Crippen LogP contribution in [0.4, 0.5) is 11.5 Å². The van der Waals surface area contributed by atoms with Crippen molar-refractivity contribution >= 4 is 57.1 Å². The van der Waals surface area contributed by atoms with Gasteiger partial charge in [-0.05, 0) is 43.5 Å². The molecule has 0 aliphatic carbocycles. The lowest BCUT2D eigenvalue weighted by atomic mass is 10.0. The molecule has 33 heavy (non-hydrogen) atoms. The molecular weight excluding hydrogens is 444 g/mol. The highest BCUT2D eigenvalue weighted by Gasteiger charge is 2.40. The second kappa shape index (κ2) is 8.37. The Morgan fingerprint density at radius 3 is 2.73 bits per heavy atom. The molecule has 0 saturated carbocycles. The van der Waals surface area contributed by atoms with Crippen LogP contribution in [-0.4, -0.2) is 39.5 Å². The molecule has 168 valence electrons. The molecule has 4 aromatic rings. The van der Waals surface area contributed by atoms with Crippen LogP contribution in [0.1, 0.15) is 18.7 Å². The van der Waals surface area contributed by atoms with E-state index in [0.717, 1.165) is 5.39 Å². The number of hydrogen-bond donors (Lipinski definition) is 2. The Labute approximate surface area is 194 Å². The minimum absolute atomic E-state index is 0.166. The van der Waals surface area contributed by atoms with Crippen LogP contribution in [0.2, 0.25) is 5.02 Å². The number of anilines is 2. The molecule has 0 spiro atoms. The van der Waals surface area contributed by atoms with Gasteiger partial charge in [-0.15, -0.1) is 0 Å². The van der Waals surface area contributed by atoms with Crippen LogP contribution in [0, 0.1) is 12.8 Å². The number of rotatable bonds is 5. The second-order valence-corrected chi connectivity index (χ2v) is 8.62. The topological polar surface area (TPSA) is 109 Å². The fourth-order valence-corrected chi connectivity index (χ4v) is 4.63. The number of furan rings is 1. The van der Waals surface area contributed by atoms with Gasteiger partial charge >= 0.3 is 5.97 Å². The summed E-state index contributed by atoms with van der Waals surface area (Å²) in [5.41, 5.74) is 2.30. The van der Waals surface area contributed by atoms with E-state index in [-0.39, 0.29) is 18.2 Å². The Kier molecular flexibility index (Phi) is 5.38. The summed E-state index contributed by atoms with van der Waals surface area (Å²) in [4.78, 5) is 35.6. The number of para-hydroxylation sites is 2. The number of nitrogens with one attached hydrogen (secondary N) is 1. The summed E-state index contributed by atoms with van der Waals surface area (Å²) in [6, 6.07) is 13.7. The number of carbonyl (C=O) groups is 2. The minimum atomic E-state index is -0.968. The molecule has 2 atom stereocenters. The largest absolute Gasteiger partial charge is 0.480 e. The average molecular weight is 465 g/mol. The van der Waals surface area contributed by atoms with Gasteiger partial charge in [0.1, 0.15) is 23.0 Å². The summed E-state index contributed by atoms with van der Waals surface area (Å²) < 4.78 is 6.03. The van der Waals surface area contributed by atoms with Crippen LogP contribution in [0.5, 0.6) is 0 Å². The second-order valence-electron chi connectivity index (χ2n) is 8.21. The number of halogens is 1. The van der Waals surface area contributed by atoms with Crippen molar-refractivity contribution < 1.29 is 19.1 Å². The highest BCUT2D eigenvalue weighted by molar-refractivity contribution is 6.33. The van der Waals surface area contributed by atoms with Crippen molar-refractivity contribution in [2.45, 2.75) is 25.8 Å². The Bertz CT molecular complexity index is 1390. The summed E-state index contributed by atoms with van der Waals surface area (Å²) in [5.74, 6) is -0.400. The number of carboxylic acid groups (broad SMARTS) is 1. The number of benzene rings is 2. The molecule has 1 aliphatic heterocycles. The van der Waals surface area contributed by atoms with Crippen molar-refractivity contribution in [3.05, 3.63) is 59.4 Å². The highest BCUT2D eigenvalue weighted by Crippen LogP contribution is 2.37. The van der Waals surface area contributed by atoms with Gasteiger partial charge in [0.2, 0.25) is 5.91 Å². The smallest absolute Gasteiger partial charge is 0.326 e. The number of hydrogen-bond acceptors (Lipinski definition) is 6. The third kappa shape index (κ3) is 3.98. The first-order chi connectivity index (χ1) is 15.9. The summed E-state index contributed by atoms with van der Waals surface area (Å²) >= 11 is 6.13. The van der Waals surface area contributed by atoms with E-state index in [2.05, 4.69) is 15.3 Å². The zero-order chi connectivity index (χ0) is 23.1. The molecule has 5 rings (SSSR count). The molecule has 2 N–H and O–H groups in total. The lowest BCUT2D eigenvalue weighted by Crippen LogP contribution is -2.36. The maximum absolute atomic E-state index is 12.6. The number of nitrogens with zero attached hydrogens (tertiary/aromatic N) is 3. The quantitative estimate of drug-likeness (QED) is 0.442. The molecule has 1 fully saturated rings. The van der Waals surface area contributed by atoms with Crippen LogP contribution in [0.15, 0.2) is 52.9 Å². The fraction of sp³-hybridized carbons (Fsp3) is 0.250. The van der Waals surface area contributed by atoms with Crippen molar-refractivity contribution in [2.75, 3.05) is 16.8 Å². The van der Waals surface area contributed by atoms with E-state index < -0.39 is 12.0 Å². The number of aliphatic carboxylic acids is 1. The van der Waals surface area contributed by atoms with Crippen LogP contribution in [0.3, 0.4) is 0 Å². The lowest BCUT2D eigenvalue weighted by Gasteiger charge is -2.22. The van der Waals surface area contributed by atoms with E-state index >= 15 is 0 Å². The van der Waals surface area contributed by atoms with Crippen LogP contribution in [-0.2, 0) is 9.59 Å². The lowest BCUT2D eigenvalue weighted by molar-refractivity contribution is -0.138. The Morgan fingerprint density at radius 1 is 1.18 bits per heavy atom. The van der Waals surface area contributed by atoms with E-state index in [0.29, 0.717) is 52.0 Å². The molecule has 1 aliphatic rings. The van der Waals surface area contributed by atoms with Gasteiger partial charge in [0.05, 0.1) is 10.7 Å². The SMILES string of the molecule is Cc1nc(N2C[C@@H](CC(=O)Nc3ccccc3Cl)C[C@H]2C(=O)O)c2oc3ccccc3c2n1. The average Bonchev–Trinajstić information content (AvgIpc) is 3.36. The molecule has 9 heteroatoms. The van der Waals surface area contributed by atoms with Gasteiger partial charge in [-0.25, -0.2) is 14.8 Å². The Hall–Kier alpha value is -3.65. The van der Waals surface area contributed by atoms with Crippen molar-refractivity contribution in [3.63, 3.8) is 0 Å². The fourth-order valence-electron chi connectivity index (χ4n) is 4.44. The third-order valence-electron chi connectivity index (χ3n) is 5.88. The molecule has 1 saturated heterocycles. The first-order valence-electron chi connectivity index (χ1n) is 10.6. The number of carboxylic acids is 1. The molecule has 1 amide bonds. The van der Waals surface area contributed by atoms with Crippen molar-refractivity contribution in [2.24, 2.45) is 5.92 Å². The van der Waals surface area contributed by atoms with Crippen LogP contribution >= 0.6 is 11.6 Å². The summed E-state index contributed by atoms with van der Waals surface area (Å²) in [5, 5.41) is 14.0. The van der Waals surface area contributed by atoms with Gasteiger partial charge in [-0.2, -0.15) is 0 Å². The molecule has 2 aromatic heterocycles. The number of fused-ring (bicyclic) bond motifs is 3. The zero-order valence-electron chi connectivity index (χ0n) is 17.8. The Balaban J connectivity index is 1.44. The maximum atomic E-state index is 12.6. The van der Waals surface area contributed by atoms with E-state index in [4.69, 9.17) is 16.0 Å². The summed E-state index contributed by atoms with van der Waals surface area (Å²) in [6.07, 6.45) is 0.481. The summed E-state index contributed by atoms with van der Waals surface area (Å²) in [6.45, 7) is 2.13. The van der Waals surface area contributed by atoms with Gasteiger partial charge in [0.15, 0.2) is 11.4 Å². The number of aryl methyl sites for hydroxylation is 1. The van der Waals surface area contributed by atoms with E-state index in [1.807, 2.05) is 24.3 Å². The van der Waals surface area contributed by atoms with Gasteiger partial charge in [-0.3, -0.25) is 4.79 Å². The van der Waals surface area contributed by atoms with Gasteiger partial charge in [0.25, 0.3) is 0 Å². The normalized spacial score (nSPS) is 18.2. The van der Waals surface area contributed by atoms with Gasteiger partial charge in [0, 0.05) is 18.4 Å². The van der Waals surface area contributed by atoms with Crippen molar-refractivity contribution in [1.82, 2.24) is 9.97 Å². The number of aromatic nitrogens is 2. The molecule has 0 unspecified atom stereocenters. The molecule has 3 heterocycles. The predicted octanol–water partition coefficient (Wildman–Crippen LogP) is 4.65. The molecular formula is C24H21ClN4O4. The predicted molar refractivity (Wildman–Crippen MR) is 126 cm³/mol. The zero-order valence-corrected chi connectivity index (χ0v) is 18.5. The highest BCUT2D eigenvalue weighted by atomic mass is 35.5. The number of carbonyl (C=O) groups excluding carboxylic acids is 1. The molecule has 0 radical (unpaired) electrons. The molecule has 8 nitrogen and oxygen atoms in total. The van der Waals surface area contributed by atoms with Crippen molar-refractivity contribution in [3.8, 4) is 0 Å². The van der Waals surface area contributed by atoms with E-state index in [9.17, 15) is 14.7 Å². The first kappa shape index (κ1) is 21.2. The Morgan fingerprint density at radius 2 is 1.94 bits per heavy atom. The third-order valence-corrected chi connectivity index (χ3v) is 6.21. The van der Waals surface area contributed by atoms with E-state index in [1.165, 1.54) is 0 Å². The van der Waals surface area contributed by atoms with Crippen LogP contribution < -0.4 is 10.2 Å². The van der Waals surface area contributed by atoms with Crippen LogP contribution in [0.25, 0.3) is 22.1 Å². The maximum Gasteiger partial charge on any atom is 0.326 e. The minimum Gasteiger partial charge on any atom is -0.480 e. The molecule has 0 bridgehead atoms. The first-order valence-corrected chi connectivity index (χ1v) is 11.0. The summed E-state index contributed by atoms with van der Waals surface area (Å²) in [7, 11) is 0. The molecule has 2 aromatic carbocycles. The van der Waals surface area contributed by atoms with Crippen molar-refractivity contribution in [1.29, 1.82) is 0 Å². The van der Waals surface area contributed by atoms with E-state index in [1.54, 1.807) is 36.1 Å².